The Bertz CT molecular complexity index is 644. The summed E-state index contributed by atoms with van der Waals surface area (Å²) in [5.74, 6) is 1.07. The van der Waals surface area contributed by atoms with E-state index in [1.807, 2.05) is 21.1 Å². The van der Waals surface area contributed by atoms with Crippen molar-refractivity contribution in [2.24, 2.45) is 10.4 Å². The maximum Gasteiger partial charge on any atom is 0.230 e. The van der Waals surface area contributed by atoms with Crippen molar-refractivity contribution in [1.82, 2.24) is 20.4 Å². The summed E-state index contributed by atoms with van der Waals surface area (Å²) in [4.78, 5) is 21.4. The van der Waals surface area contributed by atoms with Crippen LogP contribution < -0.4 is 10.6 Å². The number of carbonyl (C=O) groups is 1. The number of rotatable bonds is 6. The number of nitrogens with zero attached hydrogens (tertiary/aromatic N) is 3. The predicted molar refractivity (Wildman–Crippen MR) is 117 cm³/mol. The molecule has 2 heterocycles. The number of amides is 1. The molecule has 1 amide bonds. The minimum atomic E-state index is -0.273. The van der Waals surface area contributed by atoms with Crippen LogP contribution in [-0.2, 0) is 11.3 Å². The van der Waals surface area contributed by atoms with E-state index < -0.39 is 0 Å². The molecule has 0 bridgehead atoms. The molecule has 0 aromatic carbocycles. The minimum absolute atomic E-state index is 0.245. The van der Waals surface area contributed by atoms with Crippen LogP contribution >= 0.6 is 11.3 Å². The zero-order chi connectivity index (χ0) is 20.0. The normalized spacial score (nSPS) is 20.9. The van der Waals surface area contributed by atoms with E-state index in [1.165, 1.54) is 5.56 Å². The van der Waals surface area contributed by atoms with E-state index in [2.05, 4.69) is 37.4 Å². The number of likely N-dealkylation sites (tertiary alicyclic amines) is 1. The van der Waals surface area contributed by atoms with Crippen molar-refractivity contribution in [2.45, 2.75) is 51.1 Å². The van der Waals surface area contributed by atoms with Gasteiger partial charge in [0, 0.05) is 53.4 Å². The molecule has 1 aromatic rings. The summed E-state index contributed by atoms with van der Waals surface area (Å²) in [6.45, 7) is 3.93. The van der Waals surface area contributed by atoms with Crippen molar-refractivity contribution in [3.8, 4) is 0 Å². The number of hydrogen-bond donors (Lipinski definition) is 2. The Hall–Kier alpha value is -1.60. The standard InChI is InChI=1S/C21H35N5OS/c1-22-20(23-16-21(9-4-5-10-21)19(27)25(2)3)24-18-6-11-26(12-7-18)14-17-8-13-28-15-17/h8,13,15,18H,4-7,9-12,14,16H2,1-3H3,(H2,22,23,24). The molecule has 3 rings (SSSR count). The first-order valence-electron chi connectivity index (χ1n) is 10.4. The Morgan fingerprint density at radius 2 is 2.04 bits per heavy atom. The van der Waals surface area contributed by atoms with Crippen LogP contribution in [0.5, 0.6) is 0 Å². The number of thiophene rings is 1. The lowest BCUT2D eigenvalue weighted by molar-refractivity contribution is -0.138. The number of guanidine groups is 1. The number of piperidine rings is 1. The molecule has 1 saturated heterocycles. The molecule has 2 N–H and O–H groups in total. The molecule has 2 fully saturated rings. The van der Waals surface area contributed by atoms with Crippen molar-refractivity contribution in [3.63, 3.8) is 0 Å². The second-order valence-corrected chi connectivity index (χ2v) is 9.22. The summed E-state index contributed by atoms with van der Waals surface area (Å²) in [6.07, 6.45) is 6.44. The second-order valence-electron chi connectivity index (χ2n) is 8.44. The Kier molecular flexibility index (Phi) is 7.35. The smallest absolute Gasteiger partial charge is 0.230 e. The first kappa shape index (κ1) is 21.1. The van der Waals surface area contributed by atoms with Gasteiger partial charge in [0.05, 0.1) is 5.41 Å². The highest BCUT2D eigenvalue weighted by atomic mass is 32.1. The van der Waals surface area contributed by atoms with E-state index in [-0.39, 0.29) is 11.3 Å². The molecule has 0 spiro atoms. The zero-order valence-corrected chi connectivity index (χ0v) is 18.4. The molecule has 1 aliphatic carbocycles. The highest BCUT2D eigenvalue weighted by Crippen LogP contribution is 2.38. The van der Waals surface area contributed by atoms with Crippen molar-refractivity contribution < 1.29 is 4.79 Å². The van der Waals surface area contributed by atoms with Crippen LogP contribution in [0.1, 0.15) is 44.1 Å². The SMILES string of the molecule is CN=C(NCC1(C(=O)N(C)C)CCCC1)NC1CCN(Cc2ccsc2)CC1. The minimum Gasteiger partial charge on any atom is -0.355 e. The average Bonchev–Trinajstić information content (AvgIpc) is 3.38. The van der Waals surface area contributed by atoms with E-state index in [4.69, 9.17) is 0 Å². The van der Waals surface area contributed by atoms with E-state index in [0.29, 0.717) is 12.6 Å². The molecule has 28 heavy (non-hydrogen) atoms. The molecule has 1 saturated carbocycles. The van der Waals surface area contributed by atoms with Crippen molar-refractivity contribution in [1.29, 1.82) is 0 Å². The third-order valence-corrected chi connectivity index (χ3v) is 6.89. The fraction of sp³-hybridized carbons (Fsp3) is 0.714. The summed E-state index contributed by atoms with van der Waals surface area (Å²) in [7, 11) is 5.54. The van der Waals surface area contributed by atoms with Crippen molar-refractivity contribution in [2.75, 3.05) is 40.8 Å². The molecule has 1 aromatic heterocycles. The van der Waals surface area contributed by atoms with Gasteiger partial charge in [0.1, 0.15) is 0 Å². The maximum atomic E-state index is 12.7. The highest BCUT2D eigenvalue weighted by Gasteiger charge is 2.42. The van der Waals surface area contributed by atoms with E-state index >= 15 is 0 Å². The van der Waals surface area contributed by atoms with Crippen LogP contribution in [0.15, 0.2) is 21.8 Å². The van der Waals surface area contributed by atoms with Crippen LogP contribution in [0.25, 0.3) is 0 Å². The first-order chi connectivity index (χ1) is 13.5. The Morgan fingerprint density at radius 1 is 1.32 bits per heavy atom. The zero-order valence-electron chi connectivity index (χ0n) is 17.5. The highest BCUT2D eigenvalue weighted by molar-refractivity contribution is 7.07. The van der Waals surface area contributed by atoms with Crippen LogP contribution in [-0.4, -0.2) is 68.5 Å². The van der Waals surface area contributed by atoms with Gasteiger partial charge in [-0.05, 0) is 48.1 Å². The number of aliphatic imine (C=N–C) groups is 1. The Labute approximate surface area is 173 Å². The van der Waals surface area contributed by atoms with Gasteiger partial charge in [-0.3, -0.25) is 14.7 Å². The largest absolute Gasteiger partial charge is 0.355 e. The van der Waals surface area contributed by atoms with Gasteiger partial charge in [-0.1, -0.05) is 12.8 Å². The molecular weight excluding hydrogens is 370 g/mol. The fourth-order valence-corrected chi connectivity index (χ4v) is 5.17. The van der Waals surface area contributed by atoms with Gasteiger partial charge in [0.15, 0.2) is 5.96 Å². The molecule has 0 radical (unpaired) electrons. The fourth-order valence-electron chi connectivity index (χ4n) is 4.51. The summed E-state index contributed by atoms with van der Waals surface area (Å²) < 4.78 is 0. The Balaban J connectivity index is 1.46. The van der Waals surface area contributed by atoms with Gasteiger partial charge in [0.25, 0.3) is 0 Å². The lowest BCUT2D eigenvalue weighted by atomic mass is 9.84. The molecule has 1 aliphatic heterocycles. The van der Waals surface area contributed by atoms with E-state index in [9.17, 15) is 4.79 Å². The van der Waals surface area contributed by atoms with Crippen molar-refractivity contribution in [3.05, 3.63) is 22.4 Å². The molecule has 2 aliphatic rings. The van der Waals surface area contributed by atoms with Gasteiger partial charge in [-0.2, -0.15) is 11.3 Å². The van der Waals surface area contributed by atoms with Gasteiger partial charge < -0.3 is 15.5 Å². The monoisotopic (exact) mass is 405 g/mol. The molecule has 7 heteroatoms. The van der Waals surface area contributed by atoms with Gasteiger partial charge in [0.2, 0.25) is 5.91 Å². The van der Waals surface area contributed by atoms with Crippen molar-refractivity contribution >= 4 is 23.2 Å². The molecular formula is C21H35N5OS. The van der Waals surface area contributed by atoms with Gasteiger partial charge in [-0.25, -0.2) is 0 Å². The number of nitrogens with one attached hydrogen (secondary N) is 2. The average molecular weight is 406 g/mol. The molecule has 6 nitrogen and oxygen atoms in total. The third-order valence-electron chi connectivity index (χ3n) is 6.15. The summed E-state index contributed by atoms with van der Waals surface area (Å²) in [5.41, 5.74) is 1.15. The Morgan fingerprint density at radius 3 is 2.61 bits per heavy atom. The van der Waals surface area contributed by atoms with Crippen LogP contribution in [0.2, 0.25) is 0 Å². The third kappa shape index (κ3) is 5.26. The molecule has 0 atom stereocenters. The summed E-state index contributed by atoms with van der Waals surface area (Å²) >= 11 is 1.77. The molecule has 0 unspecified atom stereocenters. The quantitative estimate of drug-likeness (QED) is 0.564. The maximum absolute atomic E-state index is 12.7. The van der Waals surface area contributed by atoms with Crippen LogP contribution in [0, 0.1) is 5.41 Å². The van der Waals surface area contributed by atoms with E-state index in [1.54, 1.807) is 16.2 Å². The predicted octanol–water partition coefficient (Wildman–Crippen LogP) is 2.53. The van der Waals surface area contributed by atoms with Crippen LogP contribution in [0.3, 0.4) is 0 Å². The second kappa shape index (κ2) is 9.74. The lowest BCUT2D eigenvalue weighted by Gasteiger charge is -2.34. The van der Waals surface area contributed by atoms with Gasteiger partial charge >= 0.3 is 0 Å². The number of hydrogen-bond acceptors (Lipinski definition) is 4. The topological polar surface area (TPSA) is 60.0 Å². The summed E-state index contributed by atoms with van der Waals surface area (Å²) in [6, 6.07) is 2.66. The van der Waals surface area contributed by atoms with E-state index in [0.717, 1.165) is 64.1 Å². The first-order valence-corrected chi connectivity index (χ1v) is 11.4. The van der Waals surface area contributed by atoms with Gasteiger partial charge in [-0.15, -0.1) is 0 Å². The molecule has 156 valence electrons. The number of carbonyl (C=O) groups excluding carboxylic acids is 1. The summed E-state index contributed by atoms with van der Waals surface area (Å²) in [5, 5.41) is 11.4. The van der Waals surface area contributed by atoms with Crippen LogP contribution in [0.4, 0.5) is 0 Å². The lowest BCUT2D eigenvalue weighted by Crippen LogP contribution is -2.52.